The molecular weight excluding hydrogens is 244 g/mol. The Bertz CT molecular complexity index is 415. The van der Waals surface area contributed by atoms with Crippen LogP contribution in [0.4, 0.5) is 8.78 Å². The lowest BCUT2D eigenvalue weighted by molar-refractivity contribution is 0.464. The Labute approximate surface area is 103 Å². The molecule has 0 fully saturated rings. The maximum atomic E-state index is 13.2. The molecule has 0 aliphatic rings. The lowest BCUT2D eigenvalue weighted by Gasteiger charge is -2.17. The van der Waals surface area contributed by atoms with Gasteiger partial charge in [-0.05, 0) is 26.8 Å². The van der Waals surface area contributed by atoms with Crippen LogP contribution in [0, 0.1) is 5.82 Å². The molecule has 94 valence electrons. The molecule has 1 aromatic rings. The second kappa shape index (κ2) is 5.60. The van der Waals surface area contributed by atoms with Gasteiger partial charge < -0.3 is 4.55 Å². The number of alkyl halides is 1. The highest BCUT2D eigenvalue weighted by Crippen LogP contribution is 2.17. The van der Waals surface area contributed by atoms with Crippen molar-refractivity contribution in [3.8, 4) is 0 Å². The molecule has 0 aromatic heterocycles. The Morgan fingerprint density at radius 3 is 2.53 bits per heavy atom. The fourth-order valence-electron chi connectivity index (χ4n) is 1.02. The van der Waals surface area contributed by atoms with Crippen molar-refractivity contribution >= 4 is 17.6 Å². The number of nitrogens with zero attached hydrogens (tertiary/aromatic N) is 1. The minimum Gasteiger partial charge on any atom is -0.591 e. The zero-order chi connectivity index (χ0) is 13.1. The van der Waals surface area contributed by atoms with Crippen LogP contribution in [-0.2, 0) is 18.0 Å². The zero-order valence-electron chi connectivity index (χ0n) is 10.0. The van der Waals surface area contributed by atoms with Gasteiger partial charge in [-0.3, -0.25) is 0 Å². The normalized spacial score (nSPS) is 14.2. The standard InChI is InChI=1S/C12H15F2NOS/c1-12(2,3)17(16)15-8-9-4-5-10(7-13)11(14)6-9/h4-6,8H,7H2,1-3H3/b15-8+/t17-/m0/s1. The van der Waals surface area contributed by atoms with Gasteiger partial charge in [-0.2, -0.15) is 0 Å². The molecule has 0 saturated heterocycles. The maximum Gasteiger partial charge on any atom is 0.144 e. The minimum absolute atomic E-state index is 0.0130. The van der Waals surface area contributed by atoms with Crippen molar-refractivity contribution in [1.82, 2.24) is 0 Å². The summed E-state index contributed by atoms with van der Waals surface area (Å²) in [5, 5.41) is 0. The molecule has 0 spiro atoms. The van der Waals surface area contributed by atoms with Gasteiger partial charge in [0.15, 0.2) is 0 Å². The van der Waals surface area contributed by atoms with Crippen LogP contribution in [0.5, 0.6) is 0 Å². The van der Waals surface area contributed by atoms with E-state index in [-0.39, 0.29) is 5.56 Å². The van der Waals surface area contributed by atoms with E-state index in [9.17, 15) is 13.3 Å². The molecule has 17 heavy (non-hydrogen) atoms. The zero-order valence-corrected chi connectivity index (χ0v) is 10.9. The van der Waals surface area contributed by atoms with E-state index in [1.165, 1.54) is 18.3 Å². The van der Waals surface area contributed by atoms with E-state index in [4.69, 9.17) is 0 Å². The number of halogens is 2. The molecular formula is C12H15F2NOS. The summed E-state index contributed by atoms with van der Waals surface area (Å²) in [6.07, 6.45) is 1.34. The van der Waals surface area contributed by atoms with Gasteiger partial charge >= 0.3 is 0 Å². The topological polar surface area (TPSA) is 35.4 Å². The summed E-state index contributed by atoms with van der Waals surface area (Å²) in [5.74, 6) is -0.613. The fraction of sp³-hybridized carbons (Fsp3) is 0.417. The first-order valence-corrected chi connectivity index (χ1v) is 6.25. The van der Waals surface area contributed by atoms with Crippen LogP contribution in [-0.4, -0.2) is 15.5 Å². The van der Waals surface area contributed by atoms with E-state index in [0.717, 1.165) is 0 Å². The minimum atomic E-state index is -1.38. The van der Waals surface area contributed by atoms with Crippen LogP contribution in [0.15, 0.2) is 22.6 Å². The first-order chi connectivity index (χ1) is 7.84. The lowest BCUT2D eigenvalue weighted by atomic mass is 10.1. The van der Waals surface area contributed by atoms with Crippen molar-refractivity contribution < 1.29 is 13.3 Å². The molecule has 0 saturated carbocycles. The van der Waals surface area contributed by atoms with Crippen LogP contribution in [0.25, 0.3) is 0 Å². The highest BCUT2D eigenvalue weighted by Gasteiger charge is 2.25. The fourth-order valence-corrected chi connectivity index (χ4v) is 1.55. The molecule has 0 unspecified atom stereocenters. The number of benzene rings is 1. The van der Waals surface area contributed by atoms with Gasteiger partial charge in [0.25, 0.3) is 0 Å². The third-order valence-electron chi connectivity index (χ3n) is 2.04. The Morgan fingerprint density at radius 1 is 1.41 bits per heavy atom. The predicted molar refractivity (Wildman–Crippen MR) is 66.7 cm³/mol. The van der Waals surface area contributed by atoms with Gasteiger partial charge in [-0.15, -0.1) is 0 Å². The Balaban J connectivity index is 2.82. The second-order valence-corrected chi connectivity index (χ2v) is 6.51. The number of hydrogen-bond donors (Lipinski definition) is 0. The van der Waals surface area contributed by atoms with Gasteiger partial charge in [0.05, 0.1) is 6.21 Å². The van der Waals surface area contributed by atoms with Crippen LogP contribution in [0.2, 0.25) is 0 Å². The summed E-state index contributed by atoms with van der Waals surface area (Å²) >= 11 is -1.38. The largest absolute Gasteiger partial charge is 0.591 e. The molecule has 0 N–H and O–H groups in total. The van der Waals surface area contributed by atoms with Gasteiger partial charge in [-0.25, -0.2) is 8.78 Å². The van der Waals surface area contributed by atoms with Crippen LogP contribution < -0.4 is 0 Å². The van der Waals surface area contributed by atoms with Gasteiger partial charge in [0, 0.05) is 11.1 Å². The maximum absolute atomic E-state index is 13.2. The molecule has 0 aliphatic carbocycles. The summed E-state index contributed by atoms with van der Waals surface area (Å²) in [5.41, 5.74) is 0.483. The molecule has 0 amide bonds. The molecule has 0 heterocycles. The average molecular weight is 259 g/mol. The smallest absolute Gasteiger partial charge is 0.144 e. The molecule has 1 aromatic carbocycles. The van der Waals surface area contributed by atoms with Crippen molar-refractivity contribution in [1.29, 1.82) is 0 Å². The van der Waals surface area contributed by atoms with Crippen LogP contribution >= 0.6 is 0 Å². The van der Waals surface area contributed by atoms with Crippen molar-refractivity contribution in [2.45, 2.75) is 32.2 Å². The third kappa shape index (κ3) is 4.09. The first-order valence-electron chi connectivity index (χ1n) is 5.15. The second-order valence-electron chi connectivity index (χ2n) is 4.58. The quantitative estimate of drug-likeness (QED) is 0.606. The molecule has 0 radical (unpaired) electrons. The molecule has 0 aliphatic heterocycles. The summed E-state index contributed by atoms with van der Waals surface area (Å²) < 4.78 is 40.5. The van der Waals surface area contributed by atoms with Crippen molar-refractivity contribution in [3.63, 3.8) is 0 Å². The highest BCUT2D eigenvalue weighted by atomic mass is 32.2. The summed E-state index contributed by atoms with van der Waals surface area (Å²) in [6, 6.07) is 4.08. The lowest BCUT2D eigenvalue weighted by Crippen LogP contribution is -2.25. The Morgan fingerprint density at radius 2 is 2.06 bits per heavy atom. The highest BCUT2D eigenvalue weighted by molar-refractivity contribution is 7.91. The molecule has 2 nitrogen and oxygen atoms in total. The average Bonchev–Trinajstić information content (AvgIpc) is 2.24. The van der Waals surface area contributed by atoms with E-state index in [0.29, 0.717) is 5.56 Å². The van der Waals surface area contributed by atoms with E-state index in [1.54, 1.807) is 26.8 Å². The number of hydrogen-bond acceptors (Lipinski definition) is 2. The van der Waals surface area contributed by atoms with E-state index < -0.39 is 28.6 Å². The predicted octanol–water partition coefficient (Wildman–Crippen LogP) is 3.18. The molecule has 1 rings (SSSR count). The Kier molecular flexibility index (Phi) is 4.65. The van der Waals surface area contributed by atoms with Crippen molar-refractivity contribution in [3.05, 3.63) is 35.1 Å². The summed E-state index contributed by atoms with van der Waals surface area (Å²) in [4.78, 5) is 0. The Hall–Kier alpha value is -0.940. The van der Waals surface area contributed by atoms with Gasteiger partial charge in [0.1, 0.15) is 28.6 Å². The molecule has 1 atom stereocenters. The monoisotopic (exact) mass is 259 g/mol. The first kappa shape index (κ1) is 14.1. The van der Waals surface area contributed by atoms with Gasteiger partial charge in [-0.1, -0.05) is 16.5 Å². The van der Waals surface area contributed by atoms with Crippen molar-refractivity contribution in [2.75, 3.05) is 0 Å². The van der Waals surface area contributed by atoms with Crippen LogP contribution in [0.3, 0.4) is 0 Å². The van der Waals surface area contributed by atoms with Crippen molar-refractivity contribution in [2.24, 2.45) is 4.40 Å². The SMILES string of the molecule is CC(C)(C)[S@+]([O-])/N=C/c1ccc(CF)c(F)c1. The van der Waals surface area contributed by atoms with E-state index in [2.05, 4.69) is 4.40 Å². The van der Waals surface area contributed by atoms with E-state index in [1.807, 2.05) is 0 Å². The summed E-state index contributed by atoms with van der Waals surface area (Å²) in [6.45, 7) is 4.56. The van der Waals surface area contributed by atoms with E-state index >= 15 is 0 Å². The molecule has 5 heteroatoms. The third-order valence-corrected chi connectivity index (χ3v) is 3.39. The van der Waals surface area contributed by atoms with Crippen LogP contribution in [0.1, 0.15) is 31.9 Å². The van der Waals surface area contributed by atoms with Gasteiger partial charge in [0.2, 0.25) is 0 Å². The summed E-state index contributed by atoms with van der Waals surface area (Å²) in [7, 11) is 0. The number of rotatable bonds is 3. The molecule has 0 bridgehead atoms.